The first-order chi connectivity index (χ1) is 5.22. The van der Waals surface area contributed by atoms with Crippen molar-refractivity contribution >= 4 is 13.8 Å². The third-order valence-electron chi connectivity index (χ3n) is 0.249. The topological polar surface area (TPSA) is 26.3 Å². The fraction of sp³-hybridized carbons (Fsp3) is 0.250. The van der Waals surface area contributed by atoms with Gasteiger partial charge in [-0.2, -0.15) is 0 Å². The largest absolute Gasteiger partial charge is 1.00 e. The summed E-state index contributed by atoms with van der Waals surface area (Å²) in [6.07, 6.45) is 1.10. The van der Waals surface area contributed by atoms with Gasteiger partial charge in [-0.05, 0) is 0 Å². The number of esters is 1. The van der Waals surface area contributed by atoms with E-state index in [9.17, 15) is 30.0 Å². The number of carbonyl (C=O) groups is 1. The summed E-state index contributed by atoms with van der Waals surface area (Å²) in [5.74, 6) is -0.329. The summed E-state index contributed by atoms with van der Waals surface area (Å²) < 4.78 is 63.4. The molecule has 0 bridgehead atoms. The molecule has 0 saturated heterocycles. The molecule has 0 aliphatic carbocycles. The second-order valence-electron chi connectivity index (χ2n) is 1.73. The standard InChI is InChI=1S/C4H6O2.F6P.K/c1-3-6-4(2)5;1-7(2,3,4,5)6;/h3H,1H2,2H3;;/q;-1;+1. The maximum absolute atomic E-state index is 10.7. The van der Waals surface area contributed by atoms with Crippen molar-refractivity contribution in [3.63, 3.8) is 0 Å². The molecule has 14 heavy (non-hydrogen) atoms. The van der Waals surface area contributed by atoms with Crippen LogP contribution in [0.25, 0.3) is 0 Å². The molecular formula is C4H6F6KO2P. The van der Waals surface area contributed by atoms with E-state index in [1.807, 2.05) is 0 Å². The molecule has 0 N–H and O–H groups in total. The maximum atomic E-state index is 9.87. The Morgan fingerprint density at radius 2 is 1.43 bits per heavy atom. The summed E-state index contributed by atoms with van der Waals surface area (Å²) >= 11 is 0. The Hall–Kier alpha value is 0.856. The Balaban J connectivity index is -0.000000163. The van der Waals surface area contributed by atoms with Crippen molar-refractivity contribution in [3.05, 3.63) is 12.8 Å². The van der Waals surface area contributed by atoms with Crippen molar-refractivity contribution in [2.24, 2.45) is 0 Å². The van der Waals surface area contributed by atoms with Crippen molar-refractivity contribution in [3.8, 4) is 0 Å². The van der Waals surface area contributed by atoms with Crippen molar-refractivity contribution in [2.75, 3.05) is 0 Å². The summed E-state index contributed by atoms with van der Waals surface area (Å²) in [7, 11) is -10.7. The van der Waals surface area contributed by atoms with Gasteiger partial charge in [0.25, 0.3) is 0 Å². The van der Waals surface area contributed by atoms with Crippen molar-refractivity contribution in [2.45, 2.75) is 6.92 Å². The van der Waals surface area contributed by atoms with Gasteiger partial charge in [0.1, 0.15) is 0 Å². The third kappa shape index (κ3) is 122. The Morgan fingerprint density at radius 3 is 1.43 bits per heavy atom. The minimum atomic E-state index is -10.7. The molecule has 0 aliphatic heterocycles. The van der Waals surface area contributed by atoms with E-state index in [2.05, 4.69) is 11.3 Å². The van der Waals surface area contributed by atoms with Gasteiger partial charge < -0.3 is 4.74 Å². The van der Waals surface area contributed by atoms with Crippen LogP contribution in [0.1, 0.15) is 6.92 Å². The zero-order valence-electron chi connectivity index (χ0n) is 7.32. The quantitative estimate of drug-likeness (QED) is 0.234. The summed E-state index contributed by atoms with van der Waals surface area (Å²) in [6, 6.07) is 0. The second-order valence-corrected chi connectivity index (χ2v) is 3.65. The fourth-order valence-corrected chi connectivity index (χ4v) is 0.117. The van der Waals surface area contributed by atoms with Gasteiger partial charge in [-0.15, -0.1) is 0 Å². The van der Waals surface area contributed by atoms with Gasteiger partial charge in [0, 0.05) is 6.92 Å². The van der Waals surface area contributed by atoms with E-state index in [0.717, 1.165) is 6.26 Å². The molecule has 0 aliphatic rings. The molecule has 10 heteroatoms. The van der Waals surface area contributed by atoms with Crippen LogP contribution in [0, 0.1) is 0 Å². The van der Waals surface area contributed by atoms with Crippen LogP contribution in [-0.4, -0.2) is 5.97 Å². The Bertz CT molecular complexity index is 195. The predicted octanol–water partition coefficient (Wildman–Crippen LogP) is 1.08. The molecule has 0 atom stereocenters. The van der Waals surface area contributed by atoms with E-state index in [1.54, 1.807) is 0 Å². The molecule has 0 aromatic heterocycles. The SMILES string of the molecule is C=COC(C)=O.F[P-](F)(F)(F)(F)F.[K+]. The van der Waals surface area contributed by atoms with Gasteiger partial charge in [0.05, 0.1) is 6.26 Å². The molecule has 0 aromatic rings. The van der Waals surface area contributed by atoms with Gasteiger partial charge in [-0.1, -0.05) is 6.58 Å². The number of hydrogen-bond acceptors (Lipinski definition) is 2. The van der Waals surface area contributed by atoms with E-state index in [1.165, 1.54) is 6.92 Å². The number of carbonyl (C=O) groups excluding carboxylic acids is 1. The minimum absolute atomic E-state index is 0. The fourth-order valence-electron chi connectivity index (χ4n) is 0.117. The molecule has 2 nitrogen and oxygen atoms in total. The average molecular weight is 270 g/mol. The molecule has 0 fully saturated rings. The van der Waals surface area contributed by atoms with Crippen LogP contribution in [0.5, 0.6) is 0 Å². The van der Waals surface area contributed by atoms with Crippen LogP contribution in [0.3, 0.4) is 0 Å². The van der Waals surface area contributed by atoms with E-state index < -0.39 is 7.81 Å². The Morgan fingerprint density at radius 1 is 1.21 bits per heavy atom. The second kappa shape index (κ2) is 5.27. The van der Waals surface area contributed by atoms with Crippen molar-refractivity contribution < 1.29 is 86.1 Å². The van der Waals surface area contributed by atoms with E-state index in [0.29, 0.717) is 0 Å². The maximum Gasteiger partial charge on any atom is 1.00 e. The molecule has 0 aromatic carbocycles. The molecule has 0 rings (SSSR count). The van der Waals surface area contributed by atoms with Gasteiger partial charge in [0.2, 0.25) is 0 Å². The zero-order chi connectivity index (χ0) is 11.4. The van der Waals surface area contributed by atoms with E-state index in [4.69, 9.17) is 0 Å². The van der Waals surface area contributed by atoms with E-state index in [-0.39, 0.29) is 57.4 Å². The molecular weight excluding hydrogens is 264 g/mol. The van der Waals surface area contributed by atoms with Gasteiger partial charge >= 0.3 is 90.3 Å². The smallest absolute Gasteiger partial charge is 1.00 e. The Labute approximate surface area is 118 Å². The number of rotatable bonds is 1. The van der Waals surface area contributed by atoms with Crippen LogP contribution in [0.2, 0.25) is 0 Å². The predicted molar refractivity (Wildman–Crippen MR) is 35.5 cm³/mol. The third-order valence-corrected chi connectivity index (χ3v) is 0.249. The summed E-state index contributed by atoms with van der Waals surface area (Å²) in [5, 5.41) is 0. The number of ether oxygens (including phenoxy) is 1. The molecule has 82 valence electrons. The van der Waals surface area contributed by atoms with Crippen LogP contribution in [-0.2, 0) is 9.53 Å². The van der Waals surface area contributed by atoms with Crippen LogP contribution < -0.4 is 51.4 Å². The van der Waals surface area contributed by atoms with Gasteiger partial charge in [0.15, 0.2) is 0 Å². The molecule has 0 heterocycles. The zero-order valence-corrected chi connectivity index (χ0v) is 11.3. The first-order valence-electron chi connectivity index (χ1n) is 2.57. The normalized spacial score (nSPS) is 14.5. The van der Waals surface area contributed by atoms with Crippen LogP contribution in [0.4, 0.5) is 25.2 Å². The molecule has 0 unspecified atom stereocenters. The molecule has 0 amide bonds. The summed E-state index contributed by atoms with van der Waals surface area (Å²) in [4.78, 5) is 9.75. The molecule has 0 spiro atoms. The molecule has 0 radical (unpaired) electrons. The van der Waals surface area contributed by atoms with Crippen molar-refractivity contribution in [1.82, 2.24) is 0 Å². The summed E-state index contributed by atoms with van der Waals surface area (Å²) in [5.41, 5.74) is 0. The minimum Gasteiger partial charge on any atom is 1.00 e. The van der Waals surface area contributed by atoms with Gasteiger partial charge in [-0.25, -0.2) is 0 Å². The van der Waals surface area contributed by atoms with Gasteiger partial charge in [-0.3, -0.25) is 4.79 Å². The average Bonchev–Trinajstić information content (AvgIpc) is 1.53. The Kier molecular flexibility index (Phi) is 7.63. The van der Waals surface area contributed by atoms with Crippen LogP contribution in [0.15, 0.2) is 12.8 Å². The van der Waals surface area contributed by atoms with E-state index >= 15 is 0 Å². The first kappa shape index (κ1) is 20.3. The summed E-state index contributed by atoms with van der Waals surface area (Å²) in [6.45, 7) is 4.48. The number of halogens is 6. The van der Waals surface area contributed by atoms with Crippen molar-refractivity contribution in [1.29, 1.82) is 0 Å². The van der Waals surface area contributed by atoms with Crippen LogP contribution >= 0.6 is 7.81 Å². The molecule has 0 saturated carbocycles. The first-order valence-corrected chi connectivity index (χ1v) is 4.59. The monoisotopic (exact) mass is 270 g/mol. The number of hydrogen-bond donors (Lipinski definition) is 0.